The number of nitrogens with one attached hydrogen (secondary N) is 1. The summed E-state index contributed by atoms with van der Waals surface area (Å²) in [7, 11) is 0. The lowest BCUT2D eigenvalue weighted by Gasteiger charge is -2.34. The molecule has 0 spiro atoms. The van der Waals surface area contributed by atoms with Crippen LogP contribution in [0.5, 0.6) is 0 Å². The number of hydrogen-bond acceptors (Lipinski definition) is 2. The Bertz CT molecular complexity index is 455. The molecule has 1 fully saturated rings. The van der Waals surface area contributed by atoms with Gasteiger partial charge in [-0.2, -0.15) is 0 Å². The third kappa shape index (κ3) is 3.42. The fraction of sp³-hybridized carbons (Fsp3) is 0.667. The topological polar surface area (TPSA) is 21.3 Å². The maximum atomic E-state index is 5.89. The zero-order chi connectivity index (χ0) is 14.8. The molecule has 1 aromatic rings. The Kier molecular flexibility index (Phi) is 4.87. The molecule has 112 valence electrons. The van der Waals surface area contributed by atoms with Crippen LogP contribution in [-0.4, -0.2) is 25.3 Å². The molecule has 2 unspecified atom stereocenters. The van der Waals surface area contributed by atoms with Crippen molar-refractivity contribution in [3.63, 3.8) is 0 Å². The van der Waals surface area contributed by atoms with Crippen LogP contribution < -0.4 is 5.32 Å². The second-order valence-corrected chi connectivity index (χ2v) is 6.76. The summed E-state index contributed by atoms with van der Waals surface area (Å²) in [5, 5.41) is 3.62. The number of ether oxygens (including phenoxy) is 1. The molecule has 20 heavy (non-hydrogen) atoms. The first-order chi connectivity index (χ1) is 9.43. The lowest BCUT2D eigenvalue weighted by molar-refractivity contribution is 0.0620. The van der Waals surface area contributed by atoms with E-state index in [0.29, 0.717) is 12.1 Å². The van der Waals surface area contributed by atoms with Crippen molar-refractivity contribution < 1.29 is 4.74 Å². The smallest absolute Gasteiger partial charge is 0.0619 e. The van der Waals surface area contributed by atoms with Gasteiger partial charge in [0, 0.05) is 24.6 Å². The molecule has 2 rings (SSSR count). The Morgan fingerprint density at radius 2 is 2.05 bits per heavy atom. The van der Waals surface area contributed by atoms with E-state index in [1.807, 2.05) is 0 Å². The molecular formula is C18H29NO. The van der Waals surface area contributed by atoms with E-state index in [2.05, 4.69) is 58.1 Å². The first-order valence-corrected chi connectivity index (χ1v) is 7.84. The predicted octanol–water partition coefficient (Wildman–Crippen LogP) is 3.64. The van der Waals surface area contributed by atoms with Crippen LogP contribution in [0.2, 0.25) is 0 Å². The number of aryl methyl sites for hydroxylation is 2. The molecular weight excluding hydrogens is 246 g/mol. The molecule has 1 aliphatic heterocycles. The average Bonchev–Trinajstić information content (AvgIpc) is 2.74. The van der Waals surface area contributed by atoms with Gasteiger partial charge in [-0.15, -0.1) is 0 Å². The van der Waals surface area contributed by atoms with Gasteiger partial charge in [0.25, 0.3) is 0 Å². The van der Waals surface area contributed by atoms with Crippen molar-refractivity contribution in [3.05, 3.63) is 34.9 Å². The van der Waals surface area contributed by atoms with E-state index in [1.54, 1.807) is 0 Å². The van der Waals surface area contributed by atoms with Crippen molar-refractivity contribution in [2.24, 2.45) is 5.41 Å². The predicted molar refractivity (Wildman–Crippen MR) is 85.2 cm³/mol. The molecule has 0 aromatic heterocycles. The first kappa shape index (κ1) is 15.5. The maximum absolute atomic E-state index is 5.89. The molecule has 1 heterocycles. The summed E-state index contributed by atoms with van der Waals surface area (Å²) in [4.78, 5) is 0. The standard InChI is InChI=1S/C18H29NO/c1-13(2)19-12-18(8-9-20-16(18)5)11-17-7-6-14(3)15(4)10-17/h6-7,10,13,16,19H,8-9,11-12H2,1-5H3. The fourth-order valence-electron chi connectivity index (χ4n) is 3.07. The highest BCUT2D eigenvalue weighted by Gasteiger charge is 2.41. The Morgan fingerprint density at radius 1 is 1.30 bits per heavy atom. The van der Waals surface area contributed by atoms with E-state index in [-0.39, 0.29) is 5.41 Å². The lowest BCUT2D eigenvalue weighted by Crippen LogP contribution is -2.43. The summed E-state index contributed by atoms with van der Waals surface area (Å²) in [6.45, 7) is 13.0. The van der Waals surface area contributed by atoms with E-state index in [4.69, 9.17) is 4.74 Å². The SMILES string of the molecule is Cc1ccc(CC2(CNC(C)C)CCOC2C)cc1C. The molecule has 0 bridgehead atoms. The monoisotopic (exact) mass is 275 g/mol. The van der Waals surface area contributed by atoms with Gasteiger partial charge in [-0.25, -0.2) is 0 Å². The van der Waals surface area contributed by atoms with E-state index >= 15 is 0 Å². The van der Waals surface area contributed by atoms with Gasteiger partial charge in [-0.05, 0) is 50.3 Å². The summed E-state index contributed by atoms with van der Waals surface area (Å²) < 4.78 is 5.89. The Labute approximate surface area is 123 Å². The summed E-state index contributed by atoms with van der Waals surface area (Å²) in [6.07, 6.45) is 2.59. The van der Waals surface area contributed by atoms with Crippen LogP contribution in [0.3, 0.4) is 0 Å². The zero-order valence-corrected chi connectivity index (χ0v) is 13.6. The molecule has 1 aliphatic rings. The Morgan fingerprint density at radius 3 is 2.60 bits per heavy atom. The van der Waals surface area contributed by atoms with Gasteiger partial charge in [0.1, 0.15) is 0 Å². The molecule has 2 heteroatoms. The Balaban J connectivity index is 2.17. The minimum absolute atomic E-state index is 0.242. The highest BCUT2D eigenvalue weighted by Crippen LogP contribution is 2.38. The number of benzene rings is 1. The van der Waals surface area contributed by atoms with E-state index < -0.39 is 0 Å². The van der Waals surface area contributed by atoms with E-state index in [1.165, 1.54) is 16.7 Å². The van der Waals surface area contributed by atoms with Gasteiger partial charge in [-0.3, -0.25) is 0 Å². The molecule has 0 saturated carbocycles. The third-order valence-electron chi connectivity index (χ3n) is 4.82. The molecule has 1 N–H and O–H groups in total. The molecule has 2 nitrogen and oxygen atoms in total. The summed E-state index contributed by atoms with van der Waals surface area (Å²) in [6, 6.07) is 7.40. The third-order valence-corrected chi connectivity index (χ3v) is 4.82. The van der Waals surface area contributed by atoms with Crippen molar-refractivity contribution in [2.45, 2.75) is 59.6 Å². The van der Waals surface area contributed by atoms with Gasteiger partial charge in [0.05, 0.1) is 6.10 Å². The normalized spacial score (nSPS) is 26.4. The molecule has 0 aliphatic carbocycles. The van der Waals surface area contributed by atoms with Gasteiger partial charge >= 0.3 is 0 Å². The van der Waals surface area contributed by atoms with E-state index in [0.717, 1.165) is 26.0 Å². The van der Waals surface area contributed by atoms with Crippen LogP contribution in [0.1, 0.15) is 43.9 Å². The van der Waals surface area contributed by atoms with Crippen molar-refractivity contribution in [1.82, 2.24) is 5.32 Å². The first-order valence-electron chi connectivity index (χ1n) is 7.84. The van der Waals surface area contributed by atoms with E-state index in [9.17, 15) is 0 Å². The molecule has 0 amide bonds. The highest BCUT2D eigenvalue weighted by atomic mass is 16.5. The second kappa shape index (κ2) is 6.28. The van der Waals surface area contributed by atoms with Crippen molar-refractivity contribution in [3.8, 4) is 0 Å². The molecule has 0 radical (unpaired) electrons. The number of hydrogen-bond donors (Lipinski definition) is 1. The van der Waals surface area contributed by atoms with Crippen LogP contribution >= 0.6 is 0 Å². The minimum Gasteiger partial charge on any atom is -0.378 e. The molecule has 1 saturated heterocycles. The number of rotatable bonds is 5. The summed E-state index contributed by atoms with van der Waals surface area (Å²) >= 11 is 0. The minimum atomic E-state index is 0.242. The van der Waals surface area contributed by atoms with Crippen LogP contribution in [0.15, 0.2) is 18.2 Å². The highest BCUT2D eigenvalue weighted by molar-refractivity contribution is 5.31. The largest absolute Gasteiger partial charge is 0.378 e. The maximum Gasteiger partial charge on any atom is 0.0619 e. The van der Waals surface area contributed by atoms with Crippen LogP contribution in [-0.2, 0) is 11.2 Å². The molecule has 1 aromatic carbocycles. The summed E-state index contributed by atoms with van der Waals surface area (Å²) in [5.41, 5.74) is 4.45. The Hall–Kier alpha value is -0.860. The second-order valence-electron chi connectivity index (χ2n) is 6.76. The van der Waals surface area contributed by atoms with Gasteiger partial charge < -0.3 is 10.1 Å². The zero-order valence-electron chi connectivity index (χ0n) is 13.6. The van der Waals surface area contributed by atoms with Gasteiger partial charge in [-0.1, -0.05) is 32.0 Å². The van der Waals surface area contributed by atoms with Crippen molar-refractivity contribution >= 4 is 0 Å². The van der Waals surface area contributed by atoms with Gasteiger partial charge in [0.15, 0.2) is 0 Å². The average molecular weight is 275 g/mol. The van der Waals surface area contributed by atoms with Crippen LogP contribution in [0.4, 0.5) is 0 Å². The van der Waals surface area contributed by atoms with Crippen molar-refractivity contribution in [2.75, 3.05) is 13.2 Å². The van der Waals surface area contributed by atoms with Crippen molar-refractivity contribution in [1.29, 1.82) is 0 Å². The fourth-order valence-corrected chi connectivity index (χ4v) is 3.07. The van der Waals surface area contributed by atoms with Gasteiger partial charge in [0.2, 0.25) is 0 Å². The molecule has 2 atom stereocenters. The van der Waals surface area contributed by atoms with Crippen LogP contribution in [0, 0.1) is 19.3 Å². The summed E-state index contributed by atoms with van der Waals surface area (Å²) in [5.74, 6) is 0. The lowest BCUT2D eigenvalue weighted by atomic mass is 9.75. The van der Waals surface area contributed by atoms with Crippen LogP contribution in [0.25, 0.3) is 0 Å². The quantitative estimate of drug-likeness (QED) is 0.886.